The summed E-state index contributed by atoms with van der Waals surface area (Å²) < 4.78 is 0. The molecule has 0 saturated heterocycles. The summed E-state index contributed by atoms with van der Waals surface area (Å²) in [6.45, 7) is 2.11. The smallest absolute Gasteiger partial charge is 0.248 e. The van der Waals surface area contributed by atoms with Crippen LogP contribution < -0.4 is 5.73 Å². The van der Waals surface area contributed by atoms with Crippen LogP contribution in [-0.4, -0.2) is 5.91 Å². The summed E-state index contributed by atoms with van der Waals surface area (Å²) in [7, 11) is 0. The van der Waals surface area contributed by atoms with Gasteiger partial charge in [-0.05, 0) is 36.2 Å². The Morgan fingerprint density at radius 2 is 1.78 bits per heavy atom. The van der Waals surface area contributed by atoms with Crippen molar-refractivity contribution >= 4 is 17.7 Å². The fraction of sp³-hybridized carbons (Fsp3) is 0.133. The van der Waals surface area contributed by atoms with Crippen LogP contribution in [0, 0.1) is 6.92 Å². The normalized spacial score (nSPS) is 10.3. The van der Waals surface area contributed by atoms with Crippen molar-refractivity contribution < 1.29 is 4.79 Å². The zero-order valence-corrected chi connectivity index (χ0v) is 11.0. The Labute approximate surface area is 111 Å². The van der Waals surface area contributed by atoms with Gasteiger partial charge in [0.15, 0.2) is 0 Å². The van der Waals surface area contributed by atoms with E-state index in [4.69, 9.17) is 5.73 Å². The fourth-order valence-corrected chi connectivity index (χ4v) is 2.63. The highest BCUT2D eigenvalue weighted by Gasteiger charge is 2.01. The Bertz CT molecular complexity index is 549. The molecule has 1 amide bonds. The Kier molecular flexibility index (Phi) is 4.05. The van der Waals surface area contributed by atoms with E-state index >= 15 is 0 Å². The van der Waals surface area contributed by atoms with Gasteiger partial charge in [0.2, 0.25) is 5.91 Å². The lowest BCUT2D eigenvalue weighted by molar-refractivity contribution is 0.100. The number of hydrogen-bond donors (Lipinski definition) is 1. The van der Waals surface area contributed by atoms with Crippen LogP contribution in [0.15, 0.2) is 53.4 Å². The molecule has 0 aliphatic carbocycles. The van der Waals surface area contributed by atoms with Crippen LogP contribution >= 0.6 is 11.8 Å². The van der Waals surface area contributed by atoms with Gasteiger partial charge in [-0.1, -0.05) is 30.3 Å². The summed E-state index contributed by atoms with van der Waals surface area (Å²) in [4.78, 5) is 12.2. The second-order valence-electron chi connectivity index (χ2n) is 4.12. The Hall–Kier alpha value is -1.74. The van der Waals surface area contributed by atoms with E-state index in [9.17, 15) is 4.79 Å². The maximum atomic E-state index is 11.0. The third kappa shape index (κ3) is 3.14. The highest BCUT2D eigenvalue weighted by atomic mass is 32.2. The molecular weight excluding hydrogens is 242 g/mol. The topological polar surface area (TPSA) is 43.1 Å². The Balaban J connectivity index is 2.02. The van der Waals surface area contributed by atoms with Crippen molar-refractivity contribution in [1.82, 2.24) is 0 Å². The molecule has 0 radical (unpaired) electrons. The molecule has 0 bridgehead atoms. The zero-order valence-electron chi connectivity index (χ0n) is 10.2. The van der Waals surface area contributed by atoms with Crippen LogP contribution in [0.1, 0.15) is 21.5 Å². The summed E-state index contributed by atoms with van der Waals surface area (Å²) >= 11 is 1.80. The molecule has 0 aliphatic heterocycles. The molecule has 2 N–H and O–H groups in total. The molecule has 2 aromatic rings. The van der Waals surface area contributed by atoms with Crippen molar-refractivity contribution in [2.24, 2.45) is 5.73 Å². The molecule has 2 nitrogen and oxygen atoms in total. The molecule has 0 atom stereocenters. The van der Waals surface area contributed by atoms with Gasteiger partial charge in [0, 0.05) is 16.2 Å². The van der Waals surface area contributed by atoms with E-state index in [-0.39, 0.29) is 5.91 Å². The standard InChI is InChI=1S/C15H15NOS/c1-11-4-2-3-5-14(11)18-10-12-6-8-13(9-7-12)15(16)17/h2-9H,10H2,1H3,(H2,16,17). The van der Waals surface area contributed by atoms with Crippen LogP contribution in [0.2, 0.25) is 0 Å². The van der Waals surface area contributed by atoms with Gasteiger partial charge in [-0.3, -0.25) is 4.79 Å². The van der Waals surface area contributed by atoms with E-state index in [2.05, 4.69) is 19.1 Å². The first-order valence-electron chi connectivity index (χ1n) is 5.74. The van der Waals surface area contributed by atoms with Gasteiger partial charge < -0.3 is 5.73 Å². The van der Waals surface area contributed by atoms with Crippen LogP contribution in [-0.2, 0) is 5.75 Å². The summed E-state index contributed by atoms with van der Waals surface area (Å²) in [6.07, 6.45) is 0. The van der Waals surface area contributed by atoms with Crippen LogP contribution in [0.3, 0.4) is 0 Å². The van der Waals surface area contributed by atoms with E-state index in [1.54, 1.807) is 23.9 Å². The van der Waals surface area contributed by atoms with E-state index in [1.165, 1.54) is 16.0 Å². The molecule has 2 aromatic carbocycles. The number of hydrogen-bond acceptors (Lipinski definition) is 2. The zero-order chi connectivity index (χ0) is 13.0. The minimum Gasteiger partial charge on any atom is -0.366 e. The molecule has 0 aliphatic rings. The monoisotopic (exact) mass is 257 g/mol. The van der Waals surface area contributed by atoms with Crippen molar-refractivity contribution in [2.75, 3.05) is 0 Å². The lowest BCUT2D eigenvalue weighted by atomic mass is 10.1. The number of aryl methyl sites for hydroxylation is 1. The summed E-state index contributed by atoms with van der Waals surface area (Å²) in [5.74, 6) is 0.511. The number of carbonyl (C=O) groups is 1. The van der Waals surface area contributed by atoms with Gasteiger partial charge in [-0.2, -0.15) is 0 Å². The molecule has 92 valence electrons. The predicted molar refractivity (Wildman–Crippen MR) is 75.7 cm³/mol. The predicted octanol–water partition coefficient (Wildman–Crippen LogP) is 3.39. The molecule has 0 spiro atoms. The maximum Gasteiger partial charge on any atom is 0.248 e. The molecular formula is C15H15NOS. The first-order valence-corrected chi connectivity index (χ1v) is 6.72. The van der Waals surface area contributed by atoms with Gasteiger partial charge >= 0.3 is 0 Å². The Morgan fingerprint density at radius 3 is 2.39 bits per heavy atom. The number of primary amides is 1. The van der Waals surface area contributed by atoms with Crippen molar-refractivity contribution in [3.05, 3.63) is 65.2 Å². The maximum absolute atomic E-state index is 11.0. The molecule has 2 rings (SSSR count). The number of thioether (sulfide) groups is 1. The minimum absolute atomic E-state index is 0.381. The van der Waals surface area contributed by atoms with Gasteiger partial charge in [-0.15, -0.1) is 11.8 Å². The fourth-order valence-electron chi connectivity index (χ4n) is 1.64. The van der Waals surface area contributed by atoms with Crippen LogP contribution in [0.25, 0.3) is 0 Å². The van der Waals surface area contributed by atoms with Crippen molar-refractivity contribution in [1.29, 1.82) is 0 Å². The average molecular weight is 257 g/mol. The summed E-state index contributed by atoms with van der Waals surface area (Å²) in [6, 6.07) is 15.8. The molecule has 0 aromatic heterocycles. The molecule has 18 heavy (non-hydrogen) atoms. The highest BCUT2D eigenvalue weighted by molar-refractivity contribution is 7.98. The van der Waals surface area contributed by atoms with E-state index < -0.39 is 0 Å². The molecule has 0 heterocycles. The van der Waals surface area contributed by atoms with Crippen LogP contribution in [0.4, 0.5) is 0 Å². The van der Waals surface area contributed by atoms with Crippen molar-refractivity contribution in [2.45, 2.75) is 17.6 Å². The van der Waals surface area contributed by atoms with E-state index in [0.29, 0.717) is 5.56 Å². The lowest BCUT2D eigenvalue weighted by Crippen LogP contribution is -2.10. The second-order valence-corrected chi connectivity index (χ2v) is 5.13. The van der Waals surface area contributed by atoms with Crippen LogP contribution in [0.5, 0.6) is 0 Å². The van der Waals surface area contributed by atoms with Gasteiger partial charge in [0.1, 0.15) is 0 Å². The van der Waals surface area contributed by atoms with Crippen molar-refractivity contribution in [3.8, 4) is 0 Å². The number of carbonyl (C=O) groups excluding carboxylic acids is 1. The van der Waals surface area contributed by atoms with E-state index in [1.807, 2.05) is 24.3 Å². The lowest BCUT2D eigenvalue weighted by Gasteiger charge is -2.05. The number of nitrogens with two attached hydrogens (primary N) is 1. The number of rotatable bonds is 4. The summed E-state index contributed by atoms with van der Waals surface area (Å²) in [5, 5.41) is 0. The quantitative estimate of drug-likeness (QED) is 0.853. The molecule has 3 heteroatoms. The molecule has 0 saturated carbocycles. The minimum atomic E-state index is -0.381. The number of benzene rings is 2. The summed E-state index contributed by atoms with van der Waals surface area (Å²) in [5.41, 5.74) is 8.24. The SMILES string of the molecule is Cc1ccccc1SCc1ccc(C(N)=O)cc1. The number of amides is 1. The van der Waals surface area contributed by atoms with Gasteiger partial charge in [-0.25, -0.2) is 0 Å². The Morgan fingerprint density at radius 1 is 1.11 bits per heavy atom. The highest BCUT2D eigenvalue weighted by Crippen LogP contribution is 2.25. The van der Waals surface area contributed by atoms with Crippen molar-refractivity contribution in [3.63, 3.8) is 0 Å². The largest absolute Gasteiger partial charge is 0.366 e. The first-order chi connectivity index (χ1) is 8.66. The average Bonchev–Trinajstić information content (AvgIpc) is 2.38. The molecule has 0 fully saturated rings. The van der Waals surface area contributed by atoms with E-state index in [0.717, 1.165) is 5.75 Å². The third-order valence-corrected chi connectivity index (χ3v) is 3.97. The molecule has 0 unspecified atom stereocenters. The third-order valence-electron chi connectivity index (χ3n) is 2.73. The van der Waals surface area contributed by atoms with Gasteiger partial charge in [0.25, 0.3) is 0 Å². The second kappa shape index (κ2) is 5.74. The van der Waals surface area contributed by atoms with Gasteiger partial charge in [0.05, 0.1) is 0 Å². The first kappa shape index (κ1) is 12.7.